The van der Waals surface area contributed by atoms with Crippen LogP contribution in [0.15, 0.2) is 41.8 Å². The minimum atomic E-state index is -0.520. The molecular formula is C18H21N3O2S. The van der Waals surface area contributed by atoms with Crippen molar-refractivity contribution in [1.82, 2.24) is 4.90 Å². The second-order valence-electron chi connectivity index (χ2n) is 5.84. The molecule has 1 N–H and O–H groups in total. The summed E-state index contributed by atoms with van der Waals surface area (Å²) >= 11 is 1.77. The van der Waals surface area contributed by atoms with Crippen LogP contribution >= 0.6 is 11.3 Å². The molecule has 2 heterocycles. The van der Waals surface area contributed by atoms with E-state index in [9.17, 15) is 5.11 Å². The van der Waals surface area contributed by atoms with Crippen LogP contribution in [0.4, 0.5) is 5.00 Å². The van der Waals surface area contributed by atoms with Gasteiger partial charge in [0.15, 0.2) is 0 Å². The van der Waals surface area contributed by atoms with Crippen LogP contribution in [0, 0.1) is 11.3 Å². The Morgan fingerprint density at radius 2 is 1.92 bits per heavy atom. The van der Waals surface area contributed by atoms with Gasteiger partial charge in [-0.25, -0.2) is 0 Å². The molecule has 6 heteroatoms. The highest BCUT2D eigenvalue weighted by Crippen LogP contribution is 2.22. The number of aliphatic hydroxyl groups excluding tert-OH is 1. The van der Waals surface area contributed by atoms with Crippen molar-refractivity contribution < 1.29 is 9.84 Å². The van der Waals surface area contributed by atoms with Crippen LogP contribution in [-0.4, -0.2) is 55.4 Å². The second-order valence-corrected chi connectivity index (χ2v) is 6.77. The van der Waals surface area contributed by atoms with Gasteiger partial charge in [0.1, 0.15) is 18.5 Å². The molecule has 1 atom stereocenters. The number of anilines is 1. The Morgan fingerprint density at radius 3 is 2.54 bits per heavy atom. The molecule has 3 rings (SSSR count). The number of nitriles is 1. The SMILES string of the molecule is N#Cc1ccc(OCC(O)CN2CCN(c3cccs3)CC2)cc1. The van der Waals surface area contributed by atoms with Crippen LogP contribution < -0.4 is 9.64 Å². The first-order valence-corrected chi connectivity index (χ1v) is 8.94. The largest absolute Gasteiger partial charge is 0.491 e. The molecule has 1 unspecified atom stereocenters. The molecule has 5 nitrogen and oxygen atoms in total. The van der Waals surface area contributed by atoms with Gasteiger partial charge in [-0.15, -0.1) is 11.3 Å². The van der Waals surface area contributed by atoms with E-state index < -0.39 is 6.10 Å². The molecule has 0 aliphatic carbocycles. The average Bonchev–Trinajstić information content (AvgIpc) is 3.16. The minimum Gasteiger partial charge on any atom is -0.491 e. The second kappa shape index (κ2) is 8.15. The summed E-state index contributed by atoms with van der Waals surface area (Å²) in [6.45, 7) is 4.76. The molecule has 0 saturated carbocycles. The summed E-state index contributed by atoms with van der Waals surface area (Å²) in [6.07, 6.45) is -0.520. The molecule has 24 heavy (non-hydrogen) atoms. The lowest BCUT2D eigenvalue weighted by atomic mass is 10.2. The van der Waals surface area contributed by atoms with Crippen molar-refractivity contribution in [1.29, 1.82) is 5.26 Å². The predicted octanol–water partition coefficient (Wildman–Crippen LogP) is 2.18. The molecule has 1 aromatic heterocycles. The predicted molar refractivity (Wildman–Crippen MR) is 95.6 cm³/mol. The summed E-state index contributed by atoms with van der Waals surface area (Å²) in [6, 6.07) is 13.2. The molecule has 1 fully saturated rings. The third-order valence-corrected chi connectivity index (χ3v) is 5.01. The number of thiophene rings is 1. The molecule has 0 amide bonds. The van der Waals surface area contributed by atoms with Gasteiger partial charge in [0.25, 0.3) is 0 Å². The highest BCUT2D eigenvalue weighted by Gasteiger charge is 2.20. The molecule has 1 aromatic carbocycles. The zero-order valence-corrected chi connectivity index (χ0v) is 14.3. The Hall–Kier alpha value is -2.07. The van der Waals surface area contributed by atoms with E-state index in [4.69, 9.17) is 10.00 Å². The number of ether oxygens (including phenoxy) is 1. The fourth-order valence-electron chi connectivity index (χ4n) is 2.77. The number of rotatable bonds is 6. The number of aliphatic hydroxyl groups is 1. The first-order chi connectivity index (χ1) is 11.7. The van der Waals surface area contributed by atoms with Crippen LogP contribution in [0.2, 0.25) is 0 Å². The molecule has 0 spiro atoms. The molecule has 1 aliphatic heterocycles. The Morgan fingerprint density at radius 1 is 1.17 bits per heavy atom. The van der Waals surface area contributed by atoms with Gasteiger partial charge in [-0.2, -0.15) is 5.26 Å². The fourth-order valence-corrected chi connectivity index (χ4v) is 3.55. The lowest BCUT2D eigenvalue weighted by molar-refractivity contribution is 0.0663. The summed E-state index contributed by atoms with van der Waals surface area (Å²) in [7, 11) is 0. The Kier molecular flexibility index (Phi) is 5.70. The van der Waals surface area contributed by atoms with Gasteiger partial charge < -0.3 is 14.7 Å². The van der Waals surface area contributed by atoms with Crippen molar-refractivity contribution >= 4 is 16.3 Å². The van der Waals surface area contributed by atoms with Gasteiger partial charge in [-0.05, 0) is 41.8 Å². The van der Waals surface area contributed by atoms with Crippen LogP contribution in [0.1, 0.15) is 5.56 Å². The molecule has 1 saturated heterocycles. The highest BCUT2D eigenvalue weighted by molar-refractivity contribution is 7.14. The maximum Gasteiger partial charge on any atom is 0.119 e. The molecule has 126 valence electrons. The summed E-state index contributed by atoms with van der Waals surface area (Å²) in [5.41, 5.74) is 0.603. The lowest BCUT2D eigenvalue weighted by Gasteiger charge is -2.36. The van der Waals surface area contributed by atoms with E-state index in [2.05, 4.69) is 33.4 Å². The van der Waals surface area contributed by atoms with Crippen LogP contribution in [0.5, 0.6) is 5.75 Å². The number of benzene rings is 1. The zero-order chi connectivity index (χ0) is 16.8. The van der Waals surface area contributed by atoms with Gasteiger partial charge >= 0.3 is 0 Å². The monoisotopic (exact) mass is 343 g/mol. The smallest absolute Gasteiger partial charge is 0.119 e. The molecule has 2 aromatic rings. The number of hydrogen-bond acceptors (Lipinski definition) is 6. The third kappa shape index (κ3) is 4.48. The minimum absolute atomic E-state index is 0.261. The van der Waals surface area contributed by atoms with Crippen molar-refractivity contribution in [2.45, 2.75) is 6.10 Å². The molecule has 0 radical (unpaired) electrons. The van der Waals surface area contributed by atoms with Crippen molar-refractivity contribution in [3.05, 3.63) is 47.3 Å². The number of hydrogen-bond donors (Lipinski definition) is 1. The summed E-state index contributed by atoms with van der Waals surface area (Å²) in [5, 5.41) is 22.4. The normalized spacial score (nSPS) is 16.6. The summed E-state index contributed by atoms with van der Waals surface area (Å²) in [4.78, 5) is 4.66. The van der Waals surface area contributed by atoms with E-state index in [0.717, 1.165) is 26.2 Å². The van der Waals surface area contributed by atoms with E-state index in [1.165, 1.54) is 5.00 Å². The van der Waals surface area contributed by atoms with Crippen molar-refractivity contribution in [2.24, 2.45) is 0 Å². The maximum atomic E-state index is 10.2. The highest BCUT2D eigenvalue weighted by atomic mass is 32.1. The van der Waals surface area contributed by atoms with Gasteiger partial charge in [-0.3, -0.25) is 4.90 Å². The van der Waals surface area contributed by atoms with Crippen molar-refractivity contribution in [3.8, 4) is 11.8 Å². The van der Waals surface area contributed by atoms with Crippen LogP contribution in [-0.2, 0) is 0 Å². The van der Waals surface area contributed by atoms with Crippen LogP contribution in [0.25, 0.3) is 0 Å². The standard InChI is InChI=1S/C18H21N3O2S/c19-12-15-3-5-17(6-4-15)23-14-16(22)13-20-7-9-21(10-8-20)18-2-1-11-24-18/h1-6,11,16,22H,7-10,13-14H2. The molecule has 0 bridgehead atoms. The Bertz CT molecular complexity index is 659. The Labute approximate surface area is 146 Å². The first kappa shape index (κ1) is 16.8. The number of β-amino-alcohol motifs (C(OH)–C–C–N with tert-alkyl or cyclic N) is 1. The lowest BCUT2D eigenvalue weighted by Crippen LogP contribution is -2.49. The first-order valence-electron chi connectivity index (χ1n) is 8.06. The molecular weight excluding hydrogens is 322 g/mol. The summed E-state index contributed by atoms with van der Waals surface area (Å²) in [5.74, 6) is 0.676. The van der Waals surface area contributed by atoms with Crippen LogP contribution in [0.3, 0.4) is 0 Å². The molecule has 1 aliphatic rings. The van der Waals surface area contributed by atoms with E-state index in [1.807, 2.05) is 0 Å². The van der Waals surface area contributed by atoms with E-state index in [-0.39, 0.29) is 6.61 Å². The quantitative estimate of drug-likeness (QED) is 0.871. The van der Waals surface area contributed by atoms with Gasteiger partial charge in [0.05, 0.1) is 16.6 Å². The average molecular weight is 343 g/mol. The number of piperazine rings is 1. The summed E-state index contributed by atoms with van der Waals surface area (Å²) < 4.78 is 5.59. The zero-order valence-electron chi connectivity index (χ0n) is 13.5. The van der Waals surface area contributed by atoms with E-state index in [1.54, 1.807) is 35.6 Å². The topological polar surface area (TPSA) is 59.7 Å². The van der Waals surface area contributed by atoms with Crippen molar-refractivity contribution in [3.63, 3.8) is 0 Å². The Balaban J connectivity index is 1.39. The number of nitrogens with zero attached hydrogens (tertiary/aromatic N) is 3. The van der Waals surface area contributed by atoms with Gasteiger partial charge in [-0.1, -0.05) is 0 Å². The third-order valence-electron chi connectivity index (χ3n) is 4.08. The maximum absolute atomic E-state index is 10.2. The fraction of sp³-hybridized carbons (Fsp3) is 0.389. The van der Waals surface area contributed by atoms with Gasteiger partial charge in [0, 0.05) is 32.7 Å². The van der Waals surface area contributed by atoms with Gasteiger partial charge in [0.2, 0.25) is 0 Å². The van der Waals surface area contributed by atoms with Crippen molar-refractivity contribution in [2.75, 3.05) is 44.2 Å². The van der Waals surface area contributed by atoms with E-state index >= 15 is 0 Å². The van der Waals surface area contributed by atoms with E-state index in [0.29, 0.717) is 17.9 Å².